The maximum atomic E-state index is 13.9. The zero-order valence-corrected chi connectivity index (χ0v) is 18.7. The summed E-state index contributed by atoms with van der Waals surface area (Å²) in [5, 5.41) is 6.50. The van der Waals surface area contributed by atoms with Crippen LogP contribution in [0.4, 0.5) is 23.4 Å². The smallest absolute Gasteiger partial charge is 0.358 e. The standard InChI is InChI=1S/C22H29F4N5O/c1-29(2)21(16-6-5-7-17(23)12-16)10-8-20(9-11-21,27-15-32)14-30(3)19-13-18(22(24,25)26)28-31(19)4/h5-7,12-13,15H,8-11,14H2,1-4H3,(H,27,32). The monoisotopic (exact) mass is 455 g/mol. The molecule has 1 heterocycles. The van der Waals surface area contributed by atoms with Gasteiger partial charge in [-0.25, -0.2) is 4.39 Å². The molecule has 1 aromatic heterocycles. The number of carbonyl (C=O) groups is 1. The van der Waals surface area contributed by atoms with Crippen molar-refractivity contribution in [2.24, 2.45) is 7.05 Å². The van der Waals surface area contributed by atoms with Crippen molar-refractivity contribution in [1.82, 2.24) is 20.0 Å². The van der Waals surface area contributed by atoms with E-state index in [1.165, 1.54) is 17.8 Å². The molecule has 0 radical (unpaired) electrons. The molecular formula is C22H29F4N5O. The van der Waals surface area contributed by atoms with Gasteiger partial charge in [-0.2, -0.15) is 18.3 Å². The predicted molar refractivity (Wildman–Crippen MR) is 114 cm³/mol. The molecule has 1 N–H and O–H groups in total. The number of halogens is 4. The van der Waals surface area contributed by atoms with Crippen molar-refractivity contribution in [2.75, 3.05) is 32.6 Å². The second kappa shape index (κ2) is 8.73. The molecule has 2 aromatic rings. The van der Waals surface area contributed by atoms with Crippen molar-refractivity contribution in [3.05, 3.63) is 47.4 Å². The number of benzene rings is 1. The van der Waals surface area contributed by atoms with Gasteiger partial charge in [0, 0.05) is 32.2 Å². The van der Waals surface area contributed by atoms with E-state index in [1.807, 2.05) is 20.2 Å². The van der Waals surface area contributed by atoms with Crippen molar-refractivity contribution in [1.29, 1.82) is 0 Å². The minimum Gasteiger partial charge on any atom is -0.358 e. The summed E-state index contributed by atoms with van der Waals surface area (Å²) < 4.78 is 54.3. The van der Waals surface area contributed by atoms with Gasteiger partial charge in [-0.15, -0.1) is 0 Å². The van der Waals surface area contributed by atoms with Crippen LogP contribution in [0.25, 0.3) is 0 Å². The average molecular weight is 456 g/mol. The van der Waals surface area contributed by atoms with E-state index in [2.05, 4.69) is 15.3 Å². The molecule has 1 aliphatic carbocycles. The zero-order valence-electron chi connectivity index (χ0n) is 18.7. The number of hydrogen-bond acceptors (Lipinski definition) is 4. The summed E-state index contributed by atoms with van der Waals surface area (Å²) in [5.74, 6) is 0.00182. The lowest BCUT2D eigenvalue weighted by Gasteiger charge is -2.50. The van der Waals surface area contributed by atoms with Gasteiger partial charge >= 0.3 is 6.18 Å². The van der Waals surface area contributed by atoms with Crippen molar-refractivity contribution in [3.63, 3.8) is 0 Å². The van der Waals surface area contributed by atoms with Gasteiger partial charge in [0.2, 0.25) is 6.41 Å². The van der Waals surface area contributed by atoms with Crippen LogP contribution in [0.1, 0.15) is 36.9 Å². The lowest BCUT2D eigenvalue weighted by molar-refractivity contribution is -0.141. The molecule has 1 fully saturated rings. The Morgan fingerprint density at radius 2 is 1.81 bits per heavy atom. The van der Waals surface area contributed by atoms with Crippen molar-refractivity contribution in [3.8, 4) is 0 Å². The Hall–Kier alpha value is -2.62. The van der Waals surface area contributed by atoms with E-state index in [-0.39, 0.29) is 5.82 Å². The van der Waals surface area contributed by atoms with E-state index in [9.17, 15) is 22.4 Å². The van der Waals surface area contributed by atoms with Crippen molar-refractivity contribution >= 4 is 12.2 Å². The summed E-state index contributed by atoms with van der Waals surface area (Å²) in [6.07, 6.45) is -1.43. The fourth-order valence-corrected chi connectivity index (χ4v) is 4.88. The van der Waals surface area contributed by atoms with Gasteiger partial charge in [0.1, 0.15) is 11.6 Å². The number of nitrogens with one attached hydrogen (secondary N) is 1. The lowest BCUT2D eigenvalue weighted by atomic mass is 9.68. The first-order valence-corrected chi connectivity index (χ1v) is 10.4. The third-order valence-electron chi connectivity index (χ3n) is 6.69. The fraction of sp³-hybridized carbons (Fsp3) is 0.545. The van der Waals surface area contributed by atoms with E-state index in [1.54, 1.807) is 24.1 Å². The van der Waals surface area contributed by atoms with Gasteiger partial charge in [-0.3, -0.25) is 14.4 Å². The highest BCUT2D eigenvalue weighted by atomic mass is 19.4. The first-order valence-electron chi connectivity index (χ1n) is 10.4. The van der Waals surface area contributed by atoms with Crippen molar-refractivity contribution in [2.45, 2.75) is 42.9 Å². The van der Waals surface area contributed by atoms with Gasteiger partial charge in [0.05, 0.1) is 5.54 Å². The Kier molecular flexibility index (Phi) is 6.55. The molecule has 1 amide bonds. The Bertz CT molecular complexity index is 948. The van der Waals surface area contributed by atoms with Crippen LogP contribution < -0.4 is 10.2 Å². The Balaban J connectivity index is 1.84. The summed E-state index contributed by atoms with van der Waals surface area (Å²) in [5.41, 5.74) is -1.12. The maximum absolute atomic E-state index is 13.9. The van der Waals surface area contributed by atoms with Crippen LogP contribution in [0.2, 0.25) is 0 Å². The molecular weight excluding hydrogens is 426 g/mol. The molecule has 0 saturated heterocycles. The molecule has 32 heavy (non-hydrogen) atoms. The SMILES string of the molecule is CN(CC1(NC=O)CCC(c2cccc(F)c2)(N(C)C)CC1)c1cc(C(F)(F)F)nn1C. The van der Waals surface area contributed by atoms with E-state index in [0.717, 1.165) is 11.6 Å². The summed E-state index contributed by atoms with van der Waals surface area (Å²) in [7, 11) is 7.05. The van der Waals surface area contributed by atoms with Crippen LogP contribution in [0.5, 0.6) is 0 Å². The number of aryl methyl sites for hydroxylation is 1. The topological polar surface area (TPSA) is 53.4 Å². The molecule has 1 aliphatic rings. The number of likely N-dealkylation sites (N-methyl/N-ethyl adjacent to an activating group) is 1. The number of hydrogen-bond donors (Lipinski definition) is 1. The number of aromatic nitrogens is 2. The van der Waals surface area contributed by atoms with E-state index in [4.69, 9.17) is 0 Å². The van der Waals surface area contributed by atoms with Gasteiger partial charge in [-0.1, -0.05) is 12.1 Å². The normalized spacial score (nSPS) is 23.9. The highest BCUT2D eigenvalue weighted by Gasteiger charge is 2.46. The zero-order chi connectivity index (χ0) is 23.7. The largest absolute Gasteiger partial charge is 0.435 e. The van der Waals surface area contributed by atoms with E-state index < -0.39 is 22.9 Å². The third-order valence-corrected chi connectivity index (χ3v) is 6.69. The molecule has 0 unspecified atom stereocenters. The quantitative estimate of drug-likeness (QED) is 0.513. The van der Waals surface area contributed by atoms with Crippen LogP contribution in [0.3, 0.4) is 0 Å². The van der Waals surface area contributed by atoms with Gasteiger partial charge in [-0.05, 0) is 57.5 Å². The van der Waals surface area contributed by atoms with Gasteiger partial charge in [0.25, 0.3) is 0 Å². The Labute approximate surface area is 185 Å². The van der Waals surface area contributed by atoms with Crippen LogP contribution in [-0.4, -0.2) is 54.3 Å². The molecule has 10 heteroatoms. The minimum atomic E-state index is -4.53. The number of amides is 1. The summed E-state index contributed by atoms with van der Waals surface area (Å²) in [4.78, 5) is 15.2. The van der Waals surface area contributed by atoms with Gasteiger partial charge in [0.15, 0.2) is 5.69 Å². The van der Waals surface area contributed by atoms with Crippen LogP contribution in [0, 0.1) is 5.82 Å². The number of nitrogens with zero attached hydrogens (tertiary/aromatic N) is 4. The molecule has 176 valence electrons. The van der Waals surface area contributed by atoms with Crippen LogP contribution >= 0.6 is 0 Å². The highest BCUT2D eigenvalue weighted by molar-refractivity contribution is 5.50. The van der Waals surface area contributed by atoms with Gasteiger partial charge < -0.3 is 10.2 Å². The number of rotatable bonds is 7. The average Bonchev–Trinajstić information content (AvgIpc) is 3.11. The lowest BCUT2D eigenvalue weighted by Crippen LogP contribution is -2.58. The van der Waals surface area contributed by atoms with Crippen LogP contribution in [-0.2, 0) is 23.6 Å². The van der Waals surface area contributed by atoms with E-state index in [0.29, 0.717) is 44.5 Å². The number of alkyl halides is 3. The minimum absolute atomic E-state index is 0.303. The molecule has 1 saturated carbocycles. The van der Waals surface area contributed by atoms with E-state index >= 15 is 0 Å². The molecule has 1 aromatic carbocycles. The molecule has 0 spiro atoms. The Morgan fingerprint density at radius 1 is 1.16 bits per heavy atom. The molecule has 6 nitrogen and oxygen atoms in total. The third kappa shape index (κ3) is 4.60. The number of anilines is 1. The Morgan fingerprint density at radius 3 is 2.31 bits per heavy atom. The highest BCUT2D eigenvalue weighted by Crippen LogP contribution is 2.45. The number of carbonyl (C=O) groups excluding carboxylic acids is 1. The second-order valence-electron chi connectivity index (χ2n) is 8.84. The summed E-state index contributed by atoms with van der Waals surface area (Å²) >= 11 is 0. The summed E-state index contributed by atoms with van der Waals surface area (Å²) in [6, 6.07) is 7.56. The molecule has 0 atom stereocenters. The maximum Gasteiger partial charge on any atom is 0.435 e. The predicted octanol–water partition coefficient (Wildman–Crippen LogP) is 3.53. The first kappa shape index (κ1) is 24.0. The molecule has 3 rings (SSSR count). The summed E-state index contributed by atoms with van der Waals surface area (Å²) in [6.45, 7) is 0.315. The van der Waals surface area contributed by atoms with Crippen LogP contribution in [0.15, 0.2) is 30.3 Å². The second-order valence-corrected chi connectivity index (χ2v) is 8.84. The molecule has 0 aliphatic heterocycles. The first-order chi connectivity index (χ1) is 14.9. The molecule has 0 bridgehead atoms. The van der Waals surface area contributed by atoms with Crippen molar-refractivity contribution < 1.29 is 22.4 Å². The fourth-order valence-electron chi connectivity index (χ4n) is 4.88.